The van der Waals surface area contributed by atoms with Gasteiger partial charge >= 0.3 is 0 Å². The summed E-state index contributed by atoms with van der Waals surface area (Å²) in [5.74, 6) is 0.669. The number of carbonyl (C=O) groups excluding carboxylic acids is 1. The molecule has 0 spiro atoms. The number of primary amides is 1. The number of amides is 1. The molecule has 0 radical (unpaired) electrons. The lowest BCUT2D eigenvalue weighted by atomic mass is 10.0. The predicted molar refractivity (Wildman–Crippen MR) is 132 cm³/mol. The van der Waals surface area contributed by atoms with Crippen molar-refractivity contribution in [1.29, 1.82) is 0 Å². The molecule has 1 saturated heterocycles. The van der Waals surface area contributed by atoms with Crippen molar-refractivity contribution >= 4 is 16.8 Å². The molecule has 1 aromatic carbocycles. The van der Waals surface area contributed by atoms with E-state index in [4.69, 9.17) is 10.5 Å². The molecule has 1 aliphatic heterocycles. The van der Waals surface area contributed by atoms with E-state index < -0.39 is 5.91 Å². The third-order valence-electron chi connectivity index (χ3n) is 6.57. The van der Waals surface area contributed by atoms with Crippen molar-refractivity contribution in [2.75, 3.05) is 32.8 Å². The summed E-state index contributed by atoms with van der Waals surface area (Å²) in [5.41, 5.74) is 9.45. The highest BCUT2D eigenvalue weighted by Gasteiger charge is 2.20. The predicted octanol–water partition coefficient (Wildman–Crippen LogP) is 2.40. The fourth-order valence-electron chi connectivity index (χ4n) is 4.63. The van der Waals surface area contributed by atoms with E-state index >= 15 is 0 Å². The maximum atomic E-state index is 12.2. The summed E-state index contributed by atoms with van der Waals surface area (Å²) in [6, 6.07) is 5.67. The Morgan fingerprint density at radius 2 is 1.97 bits per heavy atom. The van der Waals surface area contributed by atoms with Crippen LogP contribution in [0, 0.1) is 6.92 Å². The molecule has 11 heteroatoms. The molecule has 3 aromatic heterocycles. The van der Waals surface area contributed by atoms with Gasteiger partial charge in [0.2, 0.25) is 5.91 Å². The zero-order valence-electron chi connectivity index (χ0n) is 20.4. The first kappa shape index (κ1) is 23.2. The van der Waals surface area contributed by atoms with Crippen LogP contribution in [0.25, 0.3) is 33.8 Å². The number of nitrogens with zero attached hydrogens (tertiary/aromatic N) is 7. The number of nitrogens with two attached hydrogens (primary N) is 1. The van der Waals surface area contributed by atoms with Crippen molar-refractivity contribution in [1.82, 2.24) is 39.6 Å². The number of hydrogen-bond acceptors (Lipinski definition) is 7. The zero-order chi connectivity index (χ0) is 24.5. The fourth-order valence-corrected chi connectivity index (χ4v) is 4.63. The van der Waals surface area contributed by atoms with E-state index in [1.807, 2.05) is 41.5 Å². The molecular weight excluding hydrogens is 446 g/mol. The second kappa shape index (κ2) is 9.59. The average molecular weight is 478 g/mol. The van der Waals surface area contributed by atoms with Crippen LogP contribution in [0.3, 0.4) is 0 Å². The van der Waals surface area contributed by atoms with E-state index in [9.17, 15) is 4.79 Å². The van der Waals surface area contributed by atoms with Crippen LogP contribution in [0.1, 0.15) is 42.4 Å². The lowest BCUT2D eigenvalue weighted by Crippen LogP contribution is -2.37. The summed E-state index contributed by atoms with van der Waals surface area (Å²) in [6.45, 7) is 11.3. The average Bonchev–Trinajstić information content (AvgIpc) is 3.60. The second-order valence-corrected chi connectivity index (χ2v) is 9.01. The molecule has 5 rings (SSSR count). The van der Waals surface area contributed by atoms with Crippen LogP contribution < -0.4 is 5.73 Å². The maximum absolute atomic E-state index is 12.2. The normalized spacial score (nSPS) is 15.6. The van der Waals surface area contributed by atoms with Gasteiger partial charge in [0.05, 0.1) is 36.7 Å². The summed E-state index contributed by atoms with van der Waals surface area (Å²) in [5, 5.41) is 18.8. The number of nitrogens with one attached hydrogen (secondary N) is 1. The number of fused-ring (bicyclic) bond motifs is 1. The van der Waals surface area contributed by atoms with Crippen molar-refractivity contribution in [3.05, 3.63) is 35.7 Å². The van der Waals surface area contributed by atoms with Crippen LogP contribution in [0.15, 0.2) is 24.4 Å². The van der Waals surface area contributed by atoms with E-state index in [1.54, 1.807) is 6.07 Å². The summed E-state index contributed by atoms with van der Waals surface area (Å²) in [6.07, 6.45) is 2.75. The Bertz CT molecular complexity index is 1350. The van der Waals surface area contributed by atoms with Crippen LogP contribution in [0.2, 0.25) is 0 Å². The van der Waals surface area contributed by atoms with E-state index in [0.29, 0.717) is 17.2 Å². The molecule has 0 aliphatic carbocycles. The molecule has 0 bridgehead atoms. The van der Waals surface area contributed by atoms with Gasteiger partial charge in [-0.2, -0.15) is 10.2 Å². The van der Waals surface area contributed by atoms with E-state index in [0.717, 1.165) is 73.7 Å². The molecule has 1 aliphatic rings. The third-order valence-corrected chi connectivity index (χ3v) is 6.57. The third kappa shape index (κ3) is 4.56. The molecule has 4 aromatic rings. The van der Waals surface area contributed by atoms with Gasteiger partial charge < -0.3 is 15.5 Å². The molecular formula is C24H31N9O2. The van der Waals surface area contributed by atoms with Crippen LogP contribution in [0.5, 0.6) is 0 Å². The summed E-state index contributed by atoms with van der Waals surface area (Å²) < 4.78 is 9.30. The number of aromatic nitrogens is 7. The maximum Gasteiger partial charge on any atom is 0.248 e. The van der Waals surface area contributed by atoms with Gasteiger partial charge in [0, 0.05) is 42.7 Å². The number of hydrogen-bond donors (Lipinski definition) is 2. The molecule has 3 N–H and O–H groups in total. The van der Waals surface area contributed by atoms with Crippen LogP contribution >= 0.6 is 0 Å². The van der Waals surface area contributed by atoms with E-state index in [1.165, 1.54) is 0 Å². The summed E-state index contributed by atoms with van der Waals surface area (Å²) >= 11 is 0. The molecule has 1 atom stereocenters. The van der Waals surface area contributed by atoms with Gasteiger partial charge in [-0.25, -0.2) is 0 Å². The van der Waals surface area contributed by atoms with Gasteiger partial charge in [-0.15, -0.1) is 10.2 Å². The number of aromatic amines is 1. The zero-order valence-corrected chi connectivity index (χ0v) is 20.4. The number of rotatable bonds is 8. The van der Waals surface area contributed by atoms with Gasteiger partial charge in [0.1, 0.15) is 5.69 Å². The van der Waals surface area contributed by atoms with Gasteiger partial charge in [-0.3, -0.25) is 19.1 Å². The van der Waals surface area contributed by atoms with Gasteiger partial charge in [0.25, 0.3) is 0 Å². The minimum absolute atomic E-state index is 0.137. The lowest BCUT2D eigenvalue weighted by Gasteiger charge is -2.27. The van der Waals surface area contributed by atoms with Crippen LogP contribution in [0.4, 0.5) is 0 Å². The van der Waals surface area contributed by atoms with Crippen molar-refractivity contribution in [2.45, 2.75) is 39.8 Å². The SMILES string of the molecule is CCn1nc(C)cc1-c1nnc(-c2cc(C(N)=O)cc3c2cnn3C(C)CCN2CCOCC2)[nH]1. The summed E-state index contributed by atoms with van der Waals surface area (Å²) in [4.78, 5) is 17.9. The second-order valence-electron chi connectivity index (χ2n) is 9.01. The Hall–Kier alpha value is -3.57. The number of ether oxygens (including phenoxy) is 1. The minimum atomic E-state index is -0.499. The largest absolute Gasteiger partial charge is 0.379 e. The molecule has 35 heavy (non-hydrogen) atoms. The van der Waals surface area contributed by atoms with Gasteiger partial charge in [-0.05, 0) is 45.4 Å². The first-order valence-corrected chi connectivity index (χ1v) is 12.0. The minimum Gasteiger partial charge on any atom is -0.379 e. The molecule has 1 amide bonds. The van der Waals surface area contributed by atoms with Crippen molar-refractivity contribution < 1.29 is 9.53 Å². The van der Waals surface area contributed by atoms with E-state index in [-0.39, 0.29) is 6.04 Å². The highest BCUT2D eigenvalue weighted by atomic mass is 16.5. The fraction of sp³-hybridized carbons (Fsp3) is 0.458. The van der Waals surface area contributed by atoms with Gasteiger partial charge in [0.15, 0.2) is 11.6 Å². The Labute approximate surface area is 203 Å². The molecule has 4 heterocycles. The first-order valence-electron chi connectivity index (χ1n) is 12.0. The number of aryl methyl sites for hydroxylation is 2. The molecule has 0 saturated carbocycles. The van der Waals surface area contributed by atoms with Crippen molar-refractivity contribution in [3.8, 4) is 22.9 Å². The topological polar surface area (TPSA) is 133 Å². The smallest absolute Gasteiger partial charge is 0.248 e. The number of morpholine rings is 1. The Balaban J connectivity index is 1.50. The number of carbonyl (C=O) groups is 1. The molecule has 1 fully saturated rings. The Morgan fingerprint density at radius 3 is 2.71 bits per heavy atom. The highest BCUT2D eigenvalue weighted by molar-refractivity contribution is 6.02. The standard InChI is InChI=1S/C24H31N9O2/c1-4-32-21(11-15(2)30-32)24-27-23(28-29-24)18-12-17(22(25)34)13-20-19(18)14-26-33(20)16(3)5-6-31-7-9-35-10-8-31/h11-14,16H,4-10H2,1-3H3,(H2,25,34)(H,27,28,29). The highest BCUT2D eigenvalue weighted by Crippen LogP contribution is 2.31. The lowest BCUT2D eigenvalue weighted by molar-refractivity contribution is 0.0358. The monoisotopic (exact) mass is 477 g/mol. The van der Waals surface area contributed by atoms with Crippen LogP contribution in [-0.2, 0) is 11.3 Å². The number of H-pyrrole nitrogens is 1. The Morgan fingerprint density at radius 1 is 1.20 bits per heavy atom. The van der Waals surface area contributed by atoms with Crippen LogP contribution in [-0.4, -0.2) is 78.4 Å². The van der Waals surface area contributed by atoms with E-state index in [2.05, 4.69) is 37.2 Å². The van der Waals surface area contributed by atoms with Crippen molar-refractivity contribution in [3.63, 3.8) is 0 Å². The molecule has 11 nitrogen and oxygen atoms in total. The number of benzene rings is 1. The quantitative estimate of drug-likeness (QED) is 0.398. The molecule has 1 unspecified atom stereocenters. The first-order chi connectivity index (χ1) is 16.9. The molecule has 184 valence electrons. The van der Waals surface area contributed by atoms with Gasteiger partial charge in [-0.1, -0.05) is 0 Å². The Kier molecular flexibility index (Phi) is 6.35. The van der Waals surface area contributed by atoms with Crippen molar-refractivity contribution in [2.24, 2.45) is 5.73 Å². The summed E-state index contributed by atoms with van der Waals surface area (Å²) in [7, 11) is 0.